The van der Waals surface area contributed by atoms with E-state index < -0.39 is 4.92 Å². The van der Waals surface area contributed by atoms with Gasteiger partial charge in [-0.15, -0.1) is 0 Å². The van der Waals surface area contributed by atoms with Gasteiger partial charge in [0.2, 0.25) is 0 Å². The summed E-state index contributed by atoms with van der Waals surface area (Å²) in [4.78, 5) is 29.5. The number of aromatic nitrogens is 3. The van der Waals surface area contributed by atoms with Crippen molar-refractivity contribution in [1.82, 2.24) is 15.0 Å². The van der Waals surface area contributed by atoms with Crippen molar-refractivity contribution < 1.29 is 26.3 Å². The van der Waals surface area contributed by atoms with Crippen LogP contribution in [0.15, 0.2) is 79.3 Å². The third-order valence-corrected chi connectivity index (χ3v) is 6.95. The molecule has 0 fully saturated rings. The van der Waals surface area contributed by atoms with E-state index in [1.54, 1.807) is 24.4 Å². The number of halogens is 1. The number of aromatic amines is 3. The normalized spacial score (nSPS) is 11.4. The third-order valence-electron chi connectivity index (χ3n) is 6.95. The van der Waals surface area contributed by atoms with Gasteiger partial charge in [0.25, 0.3) is 11.4 Å². The van der Waals surface area contributed by atoms with Crippen LogP contribution in [0.4, 0.5) is 17.1 Å². The minimum absolute atomic E-state index is 0. The molecule has 0 unspecified atom stereocenters. The van der Waals surface area contributed by atoms with E-state index in [9.17, 15) is 20.2 Å². The van der Waals surface area contributed by atoms with E-state index >= 15 is 0 Å². The fourth-order valence-electron chi connectivity index (χ4n) is 4.76. The van der Waals surface area contributed by atoms with Gasteiger partial charge in [0.15, 0.2) is 0 Å². The number of fused-ring (bicyclic) bond motifs is 3. The van der Waals surface area contributed by atoms with Gasteiger partial charge in [0, 0.05) is 69.2 Å². The van der Waals surface area contributed by atoms with Gasteiger partial charge in [-0.2, -0.15) is 0 Å². The Morgan fingerprint density at radius 1 is 0.625 bits per heavy atom. The molecule has 0 saturated carbocycles. The van der Waals surface area contributed by atoms with E-state index in [2.05, 4.69) is 105 Å². The standard InChI is InChI=1S/C12H14N2O2.C12H16N2.C8H6N2O2.C4H9Br.Ni.H/c1-12(2,3)10-7-13-11-6-8(14(15)16)4-5-9(10)11;1-12(2,3)10-7-14-11-6-8(13)4-5-9(10)11;11-10(12)7-2-1-6-3-4-9-8(6)5-7;1-4(2,3)5;;/h4-7,13H,1-3H3;4-7,14H,13H2,1-3H3;1-5,9H;1-3H3;;. The molecule has 0 amide bonds. The second kappa shape index (κ2) is 15.8. The second-order valence-corrected chi connectivity index (χ2v) is 16.6. The summed E-state index contributed by atoms with van der Waals surface area (Å²) in [6.07, 6.45) is 5.76. The van der Waals surface area contributed by atoms with Gasteiger partial charge in [0.05, 0.1) is 20.9 Å². The van der Waals surface area contributed by atoms with Crippen LogP contribution in [0.2, 0.25) is 0 Å². The molecular formula is C36H46BrN6NiO4. The Kier molecular flexibility index (Phi) is 13.2. The topological polar surface area (TPSA) is 160 Å². The van der Waals surface area contributed by atoms with Crippen molar-refractivity contribution >= 4 is 65.7 Å². The van der Waals surface area contributed by atoms with Crippen LogP contribution in [0.5, 0.6) is 0 Å². The Balaban J connectivity index is 0.000000233. The van der Waals surface area contributed by atoms with Crippen LogP contribution in [-0.2, 0) is 27.3 Å². The Hall–Kier alpha value is -4.15. The Labute approximate surface area is 299 Å². The molecule has 0 saturated heterocycles. The summed E-state index contributed by atoms with van der Waals surface area (Å²) < 4.78 is 0.312. The van der Waals surface area contributed by atoms with Crippen LogP contribution >= 0.6 is 15.9 Å². The van der Waals surface area contributed by atoms with Crippen LogP contribution < -0.4 is 5.73 Å². The van der Waals surface area contributed by atoms with Crippen LogP contribution in [0.1, 0.15) is 73.4 Å². The number of benzene rings is 3. The molecule has 6 aromatic rings. The Morgan fingerprint density at radius 3 is 1.50 bits per heavy atom. The molecule has 5 N–H and O–H groups in total. The van der Waals surface area contributed by atoms with Gasteiger partial charge < -0.3 is 20.7 Å². The number of alkyl halides is 1. The minimum atomic E-state index is -0.402. The first-order valence-electron chi connectivity index (χ1n) is 15.2. The average Bonchev–Trinajstić information content (AvgIpc) is 3.69. The van der Waals surface area contributed by atoms with E-state index in [0.717, 1.165) is 33.0 Å². The molecule has 3 heterocycles. The molecule has 3 aromatic heterocycles. The molecule has 261 valence electrons. The zero-order valence-electron chi connectivity index (χ0n) is 28.8. The van der Waals surface area contributed by atoms with Gasteiger partial charge in [-0.1, -0.05) is 84.3 Å². The number of H-pyrrole nitrogens is 3. The van der Waals surface area contributed by atoms with E-state index in [0.29, 0.717) is 4.32 Å². The average molecular weight is 765 g/mol. The van der Waals surface area contributed by atoms with Gasteiger partial charge in [-0.3, -0.25) is 20.2 Å². The zero-order valence-corrected chi connectivity index (χ0v) is 31.4. The number of rotatable bonds is 2. The summed E-state index contributed by atoms with van der Waals surface area (Å²) in [5, 5.41) is 24.3. The van der Waals surface area contributed by atoms with Crippen molar-refractivity contribution in [1.29, 1.82) is 0 Å². The first-order valence-corrected chi connectivity index (χ1v) is 16.0. The summed E-state index contributed by atoms with van der Waals surface area (Å²) in [7, 11) is 0. The molecule has 0 spiro atoms. The number of nitro benzene ring substituents is 2. The van der Waals surface area contributed by atoms with E-state index in [-0.39, 0.29) is 43.6 Å². The number of nitro groups is 2. The SMILES string of the molecule is CC(C)(C)Br.CC(C)(C)c1c[nH]c2cc(N)ccc12.CC(C)(C)c1c[nH]c2cc([N+](=O)[O-])ccc12.O=[N+]([O-])c1ccc2cc[nH]c2c1.[NiH]. The molecule has 0 radical (unpaired) electrons. The predicted octanol–water partition coefficient (Wildman–Crippen LogP) is 10.4. The molecule has 0 aliphatic heterocycles. The fraction of sp³-hybridized carbons (Fsp3) is 0.333. The summed E-state index contributed by atoms with van der Waals surface area (Å²) >= 11 is 3.38. The molecule has 0 aliphatic carbocycles. The summed E-state index contributed by atoms with van der Waals surface area (Å²) in [6.45, 7) is 19.3. The van der Waals surface area contributed by atoms with Crippen molar-refractivity contribution in [3.05, 3.63) is 111 Å². The van der Waals surface area contributed by atoms with Crippen molar-refractivity contribution in [2.45, 2.75) is 77.5 Å². The van der Waals surface area contributed by atoms with Crippen LogP contribution in [0.25, 0.3) is 32.7 Å². The fourth-order valence-corrected chi connectivity index (χ4v) is 4.76. The number of anilines is 1. The first-order chi connectivity index (χ1) is 21.6. The second-order valence-electron chi connectivity index (χ2n) is 14.3. The van der Waals surface area contributed by atoms with Gasteiger partial charge in [0.1, 0.15) is 0 Å². The molecule has 3 aromatic carbocycles. The van der Waals surface area contributed by atoms with E-state index in [4.69, 9.17) is 5.73 Å². The Morgan fingerprint density at radius 2 is 1.04 bits per heavy atom. The molecule has 0 atom stereocenters. The molecule has 12 heteroatoms. The molecule has 6 rings (SSSR count). The van der Waals surface area contributed by atoms with Crippen molar-refractivity contribution in [2.24, 2.45) is 0 Å². The summed E-state index contributed by atoms with van der Waals surface area (Å²) in [5.74, 6) is 0. The van der Waals surface area contributed by atoms with Crippen molar-refractivity contribution in [3.63, 3.8) is 0 Å². The maximum atomic E-state index is 10.6. The van der Waals surface area contributed by atoms with Crippen molar-refractivity contribution in [3.8, 4) is 0 Å². The van der Waals surface area contributed by atoms with Crippen LogP contribution in [-0.4, -0.2) is 29.1 Å². The molecule has 48 heavy (non-hydrogen) atoms. The van der Waals surface area contributed by atoms with Crippen LogP contribution in [0.3, 0.4) is 0 Å². The first kappa shape index (κ1) is 40.0. The van der Waals surface area contributed by atoms with Crippen LogP contribution in [0, 0.1) is 20.2 Å². The number of non-ortho nitro benzene ring substituents is 2. The zero-order chi connectivity index (χ0) is 35.3. The van der Waals surface area contributed by atoms with E-state index in [1.165, 1.54) is 28.6 Å². The number of nitrogens with zero attached hydrogens (tertiary/aromatic N) is 2. The van der Waals surface area contributed by atoms with Gasteiger partial charge in [-0.05, 0) is 57.7 Å². The molecule has 0 bridgehead atoms. The van der Waals surface area contributed by atoms with Crippen molar-refractivity contribution in [2.75, 3.05) is 5.73 Å². The molecular weight excluding hydrogens is 719 g/mol. The molecule has 0 aliphatic rings. The quantitative estimate of drug-likeness (QED) is 0.0453. The van der Waals surface area contributed by atoms with E-state index in [1.807, 2.05) is 30.5 Å². The number of hydrogen-bond acceptors (Lipinski definition) is 5. The van der Waals surface area contributed by atoms with Gasteiger partial charge >= 0.3 is 16.5 Å². The number of nitrogen functional groups attached to an aromatic ring is 1. The Bertz CT molecular complexity index is 1990. The monoisotopic (exact) mass is 763 g/mol. The predicted molar refractivity (Wildman–Crippen MR) is 200 cm³/mol. The summed E-state index contributed by atoms with van der Waals surface area (Å²) in [5.41, 5.74) is 12.2. The number of nitrogens with one attached hydrogen (secondary N) is 3. The maximum absolute atomic E-state index is 10.6. The summed E-state index contributed by atoms with van der Waals surface area (Å²) in [6, 6.07) is 17.6. The number of nitrogens with two attached hydrogens (primary N) is 1. The number of hydrogen-bond donors (Lipinski definition) is 4. The third kappa shape index (κ3) is 11.2. The molecule has 10 nitrogen and oxygen atoms in total. The van der Waals surface area contributed by atoms with Gasteiger partial charge in [-0.25, -0.2) is 0 Å².